The van der Waals surface area contributed by atoms with Crippen LogP contribution in [0.1, 0.15) is 18.9 Å². The van der Waals surface area contributed by atoms with E-state index in [4.69, 9.17) is 11.6 Å². The predicted molar refractivity (Wildman–Crippen MR) is 80.0 cm³/mol. The summed E-state index contributed by atoms with van der Waals surface area (Å²) >= 11 is 6.11. The summed E-state index contributed by atoms with van der Waals surface area (Å²) in [6, 6.07) is 5.01. The van der Waals surface area contributed by atoms with E-state index in [0.717, 1.165) is 25.1 Å². The van der Waals surface area contributed by atoms with Gasteiger partial charge in [-0.05, 0) is 37.6 Å². The zero-order valence-electron chi connectivity index (χ0n) is 11.8. The number of nitro benzene ring substituents is 1. The van der Waals surface area contributed by atoms with Gasteiger partial charge in [-0.3, -0.25) is 10.1 Å². The maximum absolute atomic E-state index is 10.8. The molecule has 0 aliphatic carbocycles. The molecule has 0 aromatic heterocycles. The molecule has 6 heteroatoms. The van der Waals surface area contributed by atoms with Crippen molar-refractivity contribution in [2.24, 2.45) is 5.92 Å². The molecule has 1 aromatic rings. The Hall–Kier alpha value is -1.17. The predicted octanol–water partition coefficient (Wildman–Crippen LogP) is 2.68. The number of rotatable bonds is 4. The Morgan fingerprint density at radius 1 is 1.55 bits per heavy atom. The maximum Gasteiger partial charge on any atom is 0.269 e. The van der Waals surface area contributed by atoms with Crippen molar-refractivity contribution in [3.05, 3.63) is 38.9 Å². The third-order valence-corrected chi connectivity index (χ3v) is 4.27. The Morgan fingerprint density at radius 2 is 2.30 bits per heavy atom. The second-order valence-corrected chi connectivity index (χ2v) is 5.96. The number of benzene rings is 1. The summed E-state index contributed by atoms with van der Waals surface area (Å²) in [7, 11) is 2.13. The van der Waals surface area contributed by atoms with Crippen molar-refractivity contribution in [2.75, 3.05) is 20.1 Å². The normalized spacial score (nSPS) is 23.8. The zero-order chi connectivity index (χ0) is 14.7. The molecule has 20 heavy (non-hydrogen) atoms. The third kappa shape index (κ3) is 3.69. The minimum atomic E-state index is -0.391. The summed E-state index contributed by atoms with van der Waals surface area (Å²) in [5.41, 5.74) is 0.870. The van der Waals surface area contributed by atoms with Crippen LogP contribution >= 0.6 is 11.6 Å². The molecule has 110 valence electrons. The lowest BCUT2D eigenvalue weighted by Gasteiger charge is -2.35. The number of halogens is 1. The van der Waals surface area contributed by atoms with Crippen LogP contribution in [0.2, 0.25) is 5.02 Å². The van der Waals surface area contributed by atoms with E-state index in [1.807, 2.05) is 0 Å². The van der Waals surface area contributed by atoms with Crippen LogP contribution in [-0.2, 0) is 6.54 Å². The van der Waals surface area contributed by atoms with Crippen molar-refractivity contribution in [2.45, 2.75) is 25.9 Å². The molecule has 1 saturated heterocycles. The molecule has 2 rings (SSSR count). The van der Waals surface area contributed by atoms with Crippen LogP contribution in [0.4, 0.5) is 5.69 Å². The molecule has 2 atom stereocenters. The lowest BCUT2D eigenvalue weighted by Crippen LogP contribution is -2.46. The van der Waals surface area contributed by atoms with Gasteiger partial charge in [0.05, 0.1) is 4.92 Å². The van der Waals surface area contributed by atoms with Gasteiger partial charge in [-0.25, -0.2) is 0 Å². The van der Waals surface area contributed by atoms with E-state index < -0.39 is 4.92 Å². The van der Waals surface area contributed by atoms with Gasteiger partial charge in [-0.15, -0.1) is 0 Å². The lowest BCUT2D eigenvalue weighted by atomic mass is 9.94. The van der Waals surface area contributed by atoms with Crippen LogP contribution in [0.15, 0.2) is 18.2 Å². The summed E-state index contributed by atoms with van der Waals surface area (Å²) in [6.45, 7) is 4.94. The van der Waals surface area contributed by atoms with Gasteiger partial charge >= 0.3 is 0 Å². The van der Waals surface area contributed by atoms with Crippen molar-refractivity contribution in [1.82, 2.24) is 10.2 Å². The van der Waals surface area contributed by atoms with E-state index in [1.54, 1.807) is 12.1 Å². The highest BCUT2D eigenvalue weighted by Crippen LogP contribution is 2.23. The van der Waals surface area contributed by atoms with Crippen molar-refractivity contribution in [3.63, 3.8) is 0 Å². The zero-order valence-corrected chi connectivity index (χ0v) is 12.6. The van der Waals surface area contributed by atoms with Crippen LogP contribution in [0, 0.1) is 16.0 Å². The van der Waals surface area contributed by atoms with E-state index in [2.05, 4.69) is 24.2 Å². The molecule has 1 aliphatic rings. The van der Waals surface area contributed by atoms with Crippen molar-refractivity contribution < 1.29 is 4.92 Å². The molecule has 1 aromatic carbocycles. The molecular formula is C14H20ClN3O2. The highest BCUT2D eigenvalue weighted by molar-refractivity contribution is 6.31. The van der Waals surface area contributed by atoms with Crippen LogP contribution in [0.5, 0.6) is 0 Å². The quantitative estimate of drug-likeness (QED) is 0.686. The van der Waals surface area contributed by atoms with Crippen LogP contribution in [0.25, 0.3) is 0 Å². The molecule has 0 amide bonds. The van der Waals surface area contributed by atoms with Crippen LogP contribution in [-0.4, -0.2) is 36.0 Å². The monoisotopic (exact) mass is 297 g/mol. The molecule has 1 aliphatic heterocycles. The van der Waals surface area contributed by atoms with E-state index in [-0.39, 0.29) is 5.69 Å². The Labute approximate surface area is 124 Å². The van der Waals surface area contributed by atoms with E-state index in [0.29, 0.717) is 23.5 Å². The first-order valence-corrected chi connectivity index (χ1v) is 7.20. The Morgan fingerprint density at radius 3 is 2.95 bits per heavy atom. The van der Waals surface area contributed by atoms with Crippen molar-refractivity contribution in [1.29, 1.82) is 0 Å². The summed E-state index contributed by atoms with van der Waals surface area (Å²) in [5, 5.41) is 14.8. The number of hydrogen-bond acceptors (Lipinski definition) is 4. The number of likely N-dealkylation sites (tertiary alicyclic amines) is 1. The summed E-state index contributed by atoms with van der Waals surface area (Å²) < 4.78 is 0. The molecule has 1 N–H and O–H groups in total. The second-order valence-electron chi connectivity index (χ2n) is 5.55. The molecular weight excluding hydrogens is 278 g/mol. The number of hydrogen-bond donors (Lipinski definition) is 1. The first-order valence-electron chi connectivity index (χ1n) is 6.82. The summed E-state index contributed by atoms with van der Waals surface area (Å²) in [6.07, 6.45) is 1.09. The van der Waals surface area contributed by atoms with Crippen LogP contribution in [0.3, 0.4) is 0 Å². The molecule has 0 bridgehead atoms. The van der Waals surface area contributed by atoms with Gasteiger partial charge in [-0.1, -0.05) is 18.5 Å². The molecule has 1 heterocycles. The fourth-order valence-corrected chi connectivity index (χ4v) is 2.89. The van der Waals surface area contributed by atoms with E-state index in [9.17, 15) is 10.1 Å². The van der Waals surface area contributed by atoms with Gasteiger partial charge < -0.3 is 10.2 Å². The first kappa shape index (κ1) is 15.2. The van der Waals surface area contributed by atoms with Gasteiger partial charge in [0.2, 0.25) is 0 Å². The fourth-order valence-electron chi connectivity index (χ4n) is 2.71. The third-order valence-electron chi connectivity index (χ3n) is 3.90. The van der Waals surface area contributed by atoms with Gasteiger partial charge in [0.1, 0.15) is 0 Å². The van der Waals surface area contributed by atoms with E-state index >= 15 is 0 Å². The number of piperidine rings is 1. The largest absolute Gasteiger partial charge is 0.310 e. The molecule has 1 fully saturated rings. The molecule has 0 saturated carbocycles. The fraction of sp³-hybridized carbons (Fsp3) is 0.571. The highest BCUT2D eigenvalue weighted by Gasteiger charge is 2.23. The molecule has 0 spiro atoms. The van der Waals surface area contributed by atoms with E-state index in [1.165, 1.54) is 6.07 Å². The van der Waals surface area contributed by atoms with Crippen LogP contribution < -0.4 is 5.32 Å². The van der Waals surface area contributed by atoms with Gasteiger partial charge in [0, 0.05) is 36.3 Å². The number of nitrogens with one attached hydrogen (secondary N) is 1. The van der Waals surface area contributed by atoms with Crippen molar-refractivity contribution >= 4 is 17.3 Å². The van der Waals surface area contributed by atoms with Crippen molar-refractivity contribution in [3.8, 4) is 0 Å². The summed E-state index contributed by atoms with van der Waals surface area (Å²) in [4.78, 5) is 12.7. The molecule has 5 nitrogen and oxygen atoms in total. The van der Waals surface area contributed by atoms with Gasteiger partial charge in [0.15, 0.2) is 0 Å². The minimum absolute atomic E-state index is 0.0858. The Balaban J connectivity index is 2.00. The number of non-ortho nitro benzene ring substituents is 1. The number of nitrogens with zero attached hydrogens (tertiary/aromatic N) is 2. The smallest absolute Gasteiger partial charge is 0.269 e. The van der Waals surface area contributed by atoms with Gasteiger partial charge in [-0.2, -0.15) is 0 Å². The Kier molecular flexibility index (Phi) is 4.96. The average molecular weight is 298 g/mol. The topological polar surface area (TPSA) is 58.4 Å². The molecule has 2 unspecified atom stereocenters. The SMILES string of the molecule is CC1CN(C)CCC1NCc1cc([N+](=O)[O-])ccc1Cl. The summed E-state index contributed by atoms with van der Waals surface area (Å²) in [5.74, 6) is 0.561. The highest BCUT2D eigenvalue weighted by atomic mass is 35.5. The Bertz CT molecular complexity index is 495. The minimum Gasteiger partial charge on any atom is -0.310 e. The standard InChI is InChI=1S/C14H20ClN3O2/c1-10-9-17(2)6-5-14(10)16-8-11-7-12(18(19)20)3-4-13(11)15/h3-4,7,10,14,16H,5-6,8-9H2,1-2H3. The van der Waals surface area contributed by atoms with Gasteiger partial charge in [0.25, 0.3) is 5.69 Å². The second kappa shape index (κ2) is 6.52. The lowest BCUT2D eigenvalue weighted by molar-refractivity contribution is -0.384. The maximum atomic E-state index is 10.8. The molecule has 0 radical (unpaired) electrons. The number of nitro groups is 1. The first-order chi connectivity index (χ1) is 9.47. The average Bonchev–Trinajstić information content (AvgIpc) is 2.39.